The second-order valence-corrected chi connectivity index (χ2v) is 5.93. The fourth-order valence-electron chi connectivity index (χ4n) is 2.41. The van der Waals surface area contributed by atoms with Gasteiger partial charge < -0.3 is 10.1 Å². The van der Waals surface area contributed by atoms with Crippen molar-refractivity contribution in [2.24, 2.45) is 0 Å². The van der Waals surface area contributed by atoms with E-state index in [2.05, 4.69) is 46.9 Å². The molecule has 2 aromatic carbocycles. The summed E-state index contributed by atoms with van der Waals surface area (Å²) in [7, 11) is 1.69. The third-order valence-electron chi connectivity index (χ3n) is 3.64. The van der Waals surface area contributed by atoms with Crippen LogP contribution in [0.15, 0.2) is 53.6 Å². The van der Waals surface area contributed by atoms with Crippen molar-refractivity contribution in [2.75, 3.05) is 18.7 Å². The standard InChI is InChI=1S/C18H18N2OS/c1-12-4-5-13(10-18(12)21-2)20-17-8-9-19-16-7-6-14(22-3)11-15(16)17/h4-11H,1-3H3,(H,19,20). The highest BCUT2D eigenvalue weighted by atomic mass is 32.2. The van der Waals surface area contributed by atoms with Gasteiger partial charge in [0.05, 0.1) is 12.6 Å². The molecule has 0 radical (unpaired) electrons. The van der Waals surface area contributed by atoms with E-state index < -0.39 is 0 Å². The summed E-state index contributed by atoms with van der Waals surface area (Å²) in [6, 6.07) is 14.4. The number of ether oxygens (including phenoxy) is 1. The number of anilines is 2. The molecule has 0 saturated carbocycles. The Hall–Kier alpha value is -2.20. The van der Waals surface area contributed by atoms with Gasteiger partial charge in [0.25, 0.3) is 0 Å². The molecular weight excluding hydrogens is 292 g/mol. The SMILES string of the molecule is COc1cc(Nc2ccnc3ccc(SC)cc23)ccc1C. The minimum absolute atomic E-state index is 0.883. The van der Waals surface area contributed by atoms with Gasteiger partial charge in [0, 0.05) is 33.9 Å². The van der Waals surface area contributed by atoms with Crippen molar-refractivity contribution in [1.29, 1.82) is 0 Å². The molecule has 3 nitrogen and oxygen atoms in total. The highest BCUT2D eigenvalue weighted by Crippen LogP contribution is 2.30. The van der Waals surface area contributed by atoms with Gasteiger partial charge in [-0.1, -0.05) is 6.07 Å². The highest BCUT2D eigenvalue weighted by molar-refractivity contribution is 7.98. The number of nitrogens with one attached hydrogen (secondary N) is 1. The molecule has 1 aromatic heterocycles. The third-order valence-corrected chi connectivity index (χ3v) is 4.36. The first-order valence-corrected chi connectivity index (χ1v) is 8.28. The van der Waals surface area contributed by atoms with Gasteiger partial charge >= 0.3 is 0 Å². The van der Waals surface area contributed by atoms with Crippen molar-refractivity contribution < 1.29 is 4.74 Å². The number of aromatic nitrogens is 1. The first-order chi connectivity index (χ1) is 10.7. The van der Waals surface area contributed by atoms with Crippen molar-refractivity contribution in [3.63, 3.8) is 0 Å². The molecule has 0 fully saturated rings. The Labute approximate surface area is 134 Å². The normalized spacial score (nSPS) is 10.7. The minimum Gasteiger partial charge on any atom is -0.496 e. The average molecular weight is 310 g/mol. The van der Waals surface area contributed by atoms with Crippen LogP contribution in [-0.2, 0) is 0 Å². The maximum atomic E-state index is 5.39. The molecule has 0 saturated heterocycles. The number of thioether (sulfide) groups is 1. The molecule has 0 atom stereocenters. The van der Waals surface area contributed by atoms with Gasteiger partial charge in [-0.15, -0.1) is 11.8 Å². The second-order valence-electron chi connectivity index (χ2n) is 5.05. The number of benzene rings is 2. The van der Waals surface area contributed by atoms with Crippen molar-refractivity contribution in [1.82, 2.24) is 4.98 Å². The number of pyridine rings is 1. The monoisotopic (exact) mass is 310 g/mol. The maximum Gasteiger partial charge on any atom is 0.123 e. The molecule has 3 aromatic rings. The molecule has 4 heteroatoms. The van der Waals surface area contributed by atoms with E-state index in [1.807, 2.05) is 25.3 Å². The molecule has 3 rings (SSSR count). The van der Waals surface area contributed by atoms with Crippen LogP contribution in [0.4, 0.5) is 11.4 Å². The Balaban J connectivity index is 2.03. The lowest BCUT2D eigenvalue weighted by atomic mass is 10.1. The van der Waals surface area contributed by atoms with Gasteiger partial charge in [0.2, 0.25) is 0 Å². The second kappa shape index (κ2) is 6.28. The van der Waals surface area contributed by atoms with Crippen LogP contribution in [0.2, 0.25) is 0 Å². The molecule has 0 unspecified atom stereocenters. The van der Waals surface area contributed by atoms with E-state index in [4.69, 9.17) is 4.74 Å². The zero-order valence-electron chi connectivity index (χ0n) is 12.9. The Morgan fingerprint density at radius 3 is 2.73 bits per heavy atom. The molecular formula is C18H18N2OS. The van der Waals surface area contributed by atoms with Gasteiger partial charge in [0.1, 0.15) is 5.75 Å². The number of hydrogen-bond donors (Lipinski definition) is 1. The van der Waals surface area contributed by atoms with Crippen molar-refractivity contribution in [3.8, 4) is 5.75 Å². The number of methoxy groups -OCH3 is 1. The fourth-order valence-corrected chi connectivity index (χ4v) is 2.85. The van der Waals surface area contributed by atoms with E-state index in [1.165, 1.54) is 4.90 Å². The largest absolute Gasteiger partial charge is 0.496 e. The van der Waals surface area contributed by atoms with Gasteiger partial charge in [-0.05, 0) is 49.1 Å². The molecule has 0 bridgehead atoms. The molecule has 22 heavy (non-hydrogen) atoms. The summed E-state index contributed by atoms with van der Waals surface area (Å²) < 4.78 is 5.39. The molecule has 0 aliphatic carbocycles. The fraction of sp³-hybridized carbons (Fsp3) is 0.167. The maximum absolute atomic E-state index is 5.39. The number of fused-ring (bicyclic) bond motifs is 1. The van der Waals surface area contributed by atoms with Crippen LogP contribution in [0.5, 0.6) is 5.75 Å². The molecule has 0 amide bonds. The number of hydrogen-bond acceptors (Lipinski definition) is 4. The van der Waals surface area contributed by atoms with Gasteiger partial charge in [-0.2, -0.15) is 0 Å². The van der Waals surface area contributed by atoms with Crippen LogP contribution in [-0.4, -0.2) is 18.3 Å². The zero-order valence-corrected chi connectivity index (χ0v) is 13.7. The topological polar surface area (TPSA) is 34.1 Å². The lowest BCUT2D eigenvalue weighted by molar-refractivity contribution is 0.412. The number of rotatable bonds is 4. The van der Waals surface area contributed by atoms with E-state index in [9.17, 15) is 0 Å². The smallest absolute Gasteiger partial charge is 0.123 e. The van der Waals surface area contributed by atoms with E-state index in [-0.39, 0.29) is 0 Å². The van der Waals surface area contributed by atoms with Gasteiger partial charge in [-0.3, -0.25) is 4.98 Å². The van der Waals surface area contributed by atoms with Crippen molar-refractivity contribution in [2.45, 2.75) is 11.8 Å². The van der Waals surface area contributed by atoms with Crippen molar-refractivity contribution >= 4 is 34.0 Å². The van der Waals surface area contributed by atoms with Crippen LogP contribution in [0.1, 0.15) is 5.56 Å². The Bertz CT molecular complexity index is 817. The predicted molar refractivity (Wildman–Crippen MR) is 94.5 cm³/mol. The zero-order chi connectivity index (χ0) is 15.5. The van der Waals surface area contributed by atoms with Gasteiger partial charge in [0.15, 0.2) is 0 Å². The van der Waals surface area contributed by atoms with Crippen LogP contribution in [0.25, 0.3) is 10.9 Å². The first-order valence-electron chi connectivity index (χ1n) is 7.05. The molecule has 0 aliphatic rings. The average Bonchev–Trinajstić information content (AvgIpc) is 2.56. The summed E-state index contributed by atoms with van der Waals surface area (Å²) >= 11 is 1.73. The van der Waals surface area contributed by atoms with Crippen LogP contribution < -0.4 is 10.1 Å². The molecule has 0 aliphatic heterocycles. The highest BCUT2D eigenvalue weighted by Gasteiger charge is 2.05. The molecule has 1 N–H and O–H groups in total. The summed E-state index contributed by atoms with van der Waals surface area (Å²) in [6.45, 7) is 2.04. The summed E-state index contributed by atoms with van der Waals surface area (Å²) in [5.74, 6) is 0.883. The van der Waals surface area contributed by atoms with Crippen LogP contribution in [0, 0.1) is 6.92 Å². The molecule has 0 spiro atoms. The number of aryl methyl sites for hydroxylation is 1. The lowest BCUT2D eigenvalue weighted by Gasteiger charge is -2.12. The predicted octanol–water partition coefficient (Wildman–Crippen LogP) is 5.02. The summed E-state index contributed by atoms with van der Waals surface area (Å²) in [6.07, 6.45) is 3.91. The third kappa shape index (κ3) is 2.88. The van der Waals surface area contributed by atoms with Crippen LogP contribution in [0.3, 0.4) is 0 Å². The minimum atomic E-state index is 0.883. The Morgan fingerprint density at radius 1 is 1.09 bits per heavy atom. The summed E-state index contributed by atoms with van der Waals surface area (Å²) in [5.41, 5.74) is 4.16. The summed E-state index contributed by atoms with van der Waals surface area (Å²) in [4.78, 5) is 5.66. The summed E-state index contributed by atoms with van der Waals surface area (Å²) in [5, 5.41) is 4.59. The Morgan fingerprint density at radius 2 is 1.95 bits per heavy atom. The van der Waals surface area contributed by atoms with E-state index in [0.717, 1.165) is 33.6 Å². The molecule has 112 valence electrons. The van der Waals surface area contributed by atoms with E-state index in [1.54, 1.807) is 18.9 Å². The van der Waals surface area contributed by atoms with E-state index >= 15 is 0 Å². The number of nitrogens with zero attached hydrogens (tertiary/aromatic N) is 1. The first kappa shape index (κ1) is 14.7. The van der Waals surface area contributed by atoms with E-state index in [0.29, 0.717) is 0 Å². The Kier molecular flexibility index (Phi) is 4.20. The lowest BCUT2D eigenvalue weighted by Crippen LogP contribution is -1.95. The van der Waals surface area contributed by atoms with Crippen LogP contribution >= 0.6 is 11.8 Å². The van der Waals surface area contributed by atoms with Gasteiger partial charge in [-0.25, -0.2) is 0 Å². The molecule has 1 heterocycles. The quantitative estimate of drug-likeness (QED) is 0.686. The van der Waals surface area contributed by atoms with Crippen molar-refractivity contribution in [3.05, 3.63) is 54.2 Å².